The Morgan fingerprint density at radius 1 is 1.33 bits per heavy atom. The smallest absolute Gasteiger partial charge is 0.240 e. The fourth-order valence-electron chi connectivity index (χ4n) is 2.56. The minimum absolute atomic E-state index is 0.0265. The molecule has 0 radical (unpaired) electrons. The van der Waals surface area contributed by atoms with Gasteiger partial charge in [0.05, 0.1) is 19.3 Å². The van der Waals surface area contributed by atoms with Crippen LogP contribution in [0.5, 0.6) is 11.5 Å². The monoisotopic (exact) mass is 292 g/mol. The van der Waals surface area contributed by atoms with Crippen molar-refractivity contribution in [2.75, 3.05) is 20.3 Å². The Bertz CT molecular complexity index is 470. The topological polar surface area (TPSA) is 73.6 Å². The molecule has 21 heavy (non-hydrogen) atoms. The average molecular weight is 292 g/mol. The zero-order chi connectivity index (χ0) is 15.1. The summed E-state index contributed by atoms with van der Waals surface area (Å²) in [5.74, 6) is 1.51. The van der Waals surface area contributed by atoms with Crippen molar-refractivity contribution in [2.24, 2.45) is 5.73 Å². The number of nitrogens with one attached hydrogen (secondary N) is 1. The van der Waals surface area contributed by atoms with Crippen molar-refractivity contribution in [1.29, 1.82) is 0 Å². The van der Waals surface area contributed by atoms with E-state index in [0.717, 1.165) is 43.6 Å². The van der Waals surface area contributed by atoms with E-state index in [4.69, 9.17) is 15.2 Å². The van der Waals surface area contributed by atoms with Crippen molar-refractivity contribution < 1.29 is 14.3 Å². The number of amides is 1. The van der Waals surface area contributed by atoms with E-state index in [1.807, 2.05) is 24.3 Å². The largest absolute Gasteiger partial charge is 0.497 e. The van der Waals surface area contributed by atoms with Gasteiger partial charge in [0.15, 0.2) is 0 Å². The van der Waals surface area contributed by atoms with E-state index in [1.165, 1.54) is 0 Å². The fraction of sp³-hybridized carbons (Fsp3) is 0.562. The van der Waals surface area contributed by atoms with E-state index in [0.29, 0.717) is 13.2 Å². The number of ether oxygens (including phenoxy) is 2. The van der Waals surface area contributed by atoms with Gasteiger partial charge < -0.3 is 20.5 Å². The SMILES string of the molecule is COc1cccc(OCCCNC(=O)C2(N)CCCC2)c1. The first kappa shape index (κ1) is 15.6. The Hall–Kier alpha value is -1.75. The maximum absolute atomic E-state index is 12.0. The van der Waals surface area contributed by atoms with Crippen molar-refractivity contribution in [3.8, 4) is 11.5 Å². The van der Waals surface area contributed by atoms with Gasteiger partial charge in [-0.2, -0.15) is 0 Å². The van der Waals surface area contributed by atoms with E-state index in [-0.39, 0.29) is 5.91 Å². The molecule has 0 aliphatic heterocycles. The first-order chi connectivity index (χ1) is 10.1. The van der Waals surface area contributed by atoms with Gasteiger partial charge in [-0.25, -0.2) is 0 Å². The average Bonchev–Trinajstić information content (AvgIpc) is 2.95. The molecule has 0 aromatic heterocycles. The van der Waals surface area contributed by atoms with Gasteiger partial charge in [-0.15, -0.1) is 0 Å². The molecule has 0 atom stereocenters. The summed E-state index contributed by atoms with van der Waals surface area (Å²) in [6, 6.07) is 7.48. The zero-order valence-electron chi connectivity index (χ0n) is 12.6. The second-order valence-electron chi connectivity index (χ2n) is 5.50. The molecule has 0 saturated heterocycles. The molecule has 0 bridgehead atoms. The summed E-state index contributed by atoms with van der Waals surface area (Å²) in [7, 11) is 1.63. The Morgan fingerprint density at radius 2 is 2.05 bits per heavy atom. The third-order valence-corrected chi connectivity index (χ3v) is 3.86. The Balaban J connectivity index is 1.64. The predicted molar refractivity (Wildman–Crippen MR) is 81.5 cm³/mol. The van der Waals surface area contributed by atoms with Gasteiger partial charge >= 0.3 is 0 Å². The molecule has 116 valence electrons. The van der Waals surface area contributed by atoms with Crippen LogP contribution in [0.4, 0.5) is 0 Å². The van der Waals surface area contributed by atoms with E-state index in [9.17, 15) is 4.79 Å². The number of nitrogens with two attached hydrogens (primary N) is 1. The lowest BCUT2D eigenvalue weighted by atomic mass is 9.98. The molecule has 1 amide bonds. The molecule has 5 heteroatoms. The van der Waals surface area contributed by atoms with Crippen LogP contribution in [0.2, 0.25) is 0 Å². The predicted octanol–water partition coefficient (Wildman–Crippen LogP) is 1.85. The highest BCUT2D eigenvalue weighted by Crippen LogP contribution is 2.27. The summed E-state index contributed by atoms with van der Waals surface area (Å²) in [6.45, 7) is 1.13. The van der Waals surface area contributed by atoms with Crippen molar-refractivity contribution in [2.45, 2.75) is 37.6 Å². The third-order valence-electron chi connectivity index (χ3n) is 3.86. The lowest BCUT2D eigenvalue weighted by molar-refractivity contribution is -0.126. The Morgan fingerprint density at radius 3 is 2.76 bits per heavy atom. The lowest BCUT2D eigenvalue weighted by Gasteiger charge is -2.22. The standard InChI is InChI=1S/C16H24N2O3/c1-20-13-6-4-7-14(12-13)21-11-5-10-18-15(19)16(17)8-2-3-9-16/h4,6-7,12H,2-3,5,8-11,17H2,1H3,(H,18,19). The van der Waals surface area contributed by atoms with Gasteiger partial charge in [0.1, 0.15) is 11.5 Å². The Labute approximate surface area is 125 Å². The van der Waals surface area contributed by atoms with E-state index < -0.39 is 5.54 Å². The van der Waals surface area contributed by atoms with E-state index >= 15 is 0 Å². The molecule has 1 aliphatic rings. The van der Waals surface area contributed by atoms with Crippen LogP contribution in [0.15, 0.2) is 24.3 Å². The molecule has 0 heterocycles. The van der Waals surface area contributed by atoms with E-state index in [1.54, 1.807) is 7.11 Å². The molecule has 1 aromatic carbocycles. The van der Waals surface area contributed by atoms with Crippen molar-refractivity contribution in [3.63, 3.8) is 0 Å². The number of hydrogen-bond acceptors (Lipinski definition) is 4. The molecule has 3 N–H and O–H groups in total. The molecular weight excluding hydrogens is 268 g/mol. The van der Waals surface area contributed by atoms with Crippen LogP contribution >= 0.6 is 0 Å². The van der Waals surface area contributed by atoms with Gasteiger partial charge in [-0.3, -0.25) is 4.79 Å². The van der Waals surface area contributed by atoms with Crippen LogP contribution in [0.1, 0.15) is 32.1 Å². The number of carbonyl (C=O) groups excluding carboxylic acids is 1. The molecular formula is C16H24N2O3. The highest BCUT2D eigenvalue weighted by Gasteiger charge is 2.36. The van der Waals surface area contributed by atoms with Crippen molar-refractivity contribution >= 4 is 5.91 Å². The number of hydrogen-bond donors (Lipinski definition) is 2. The van der Waals surface area contributed by atoms with Gasteiger partial charge in [0, 0.05) is 12.6 Å². The lowest BCUT2D eigenvalue weighted by Crippen LogP contribution is -2.52. The minimum Gasteiger partial charge on any atom is -0.497 e. The summed E-state index contributed by atoms with van der Waals surface area (Å²) in [4.78, 5) is 12.0. The summed E-state index contributed by atoms with van der Waals surface area (Å²) in [6.07, 6.45) is 4.42. The second-order valence-corrected chi connectivity index (χ2v) is 5.50. The third kappa shape index (κ3) is 4.36. The van der Waals surface area contributed by atoms with Gasteiger partial charge in [0.25, 0.3) is 0 Å². The van der Waals surface area contributed by atoms with Crippen LogP contribution in [-0.4, -0.2) is 31.7 Å². The van der Waals surface area contributed by atoms with Crippen molar-refractivity contribution in [1.82, 2.24) is 5.32 Å². The van der Waals surface area contributed by atoms with Gasteiger partial charge in [-0.1, -0.05) is 18.9 Å². The van der Waals surface area contributed by atoms with Crippen LogP contribution in [0.25, 0.3) is 0 Å². The number of rotatable bonds is 7. The molecule has 1 saturated carbocycles. The van der Waals surface area contributed by atoms with Crippen LogP contribution in [-0.2, 0) is 4.79 Å². The molecule has 5 nitrogen and oxygen atoms in total. The second kappa shape index (κ2) is 7.31. The molecule has 0 spiro atoms. The van der Waals surface area contributed by atoms with Crippen molar-refractivity contribution in [3.05, 3.63) is 24.3 Å². The highest BCUT2D eigenvalue weighted by atomic mass is 16.5. The number of benzene rings is 1. The highest BCUT2D eigenvalue weighted by molar-refractivity contribution is 5.86. The van der Waals surface area contributed by atoms with Gasteiger partial charge in [0.2, 0.25) is 5.91 Å². The molecule has 1 fully saturated rings. The maximum Gasteiger partial charge on any atom is 0.240 e. The quantitative estimate of drug-likeness (QED) is 0.752. The summed E-state index contributed by atoms with van der Waals surface area (Å²) >= 11 is 0. The van der Waals surface area contributed by atoms with Crippen LogP contribution in [0, 0.1) is 0 Å². The zero-order valence-corrected chi connectivity index (χ0v) is 12.6. The Kier molecular flexibility index (Phi) is 5.44. The number of methoxy groups -OCH3 is 1. The minimum atomic E-state index is -0.645. The van der Waals surface area contributed by atoms with Crippen LogP contribution in [0.3, 0.4) is 0 Å². The molecule has 1 aliphatic carbocycles. The molecule has 1 aromatic rings. The number of carbonyl (C=O) groups is 1. The fourth-order valence-corrected chi connectivity index (χ4v) is 2.56. The van der Waals surface area contributed by atoms with Gasteiger partial charge in [-0.05, 0) is 31.4 Å². The molecule has 2 rings (SSSR count). The van der Waals surface area contributed by atoms with E-state index in [2.05, 4.69) is 5.32 Å². The summed E-state index contributed by atoms with van der Waals surface area (Å²) in [5, 5.41) is 2.91. The van der Waals surface area contributed by atoms with Crippen LogP contribution < -0.4 is 20.5 Å². The summed E-state index contributed by atoms with van der Waals surface area (Å²) in [5.41, 5.74) is 5.44. The molecule has 0 unspecified atom stereocenters. The first-order valence-corrected chi connectivity index (χ1v) is 7.48. The summed E-state index contributed by atoms with van der Waals surface area (Å²) < 4.78 is 10.7. The first-order valence-electron chi connectivity index (χ1n) is 7.48. The maximum atomic E-state index is 12.0. The normalized spacial score (nSPS) is 16.5.